The molecule has 0 unspecified atom stereocenters. The molecule has 0 aliphatic carbocycles. The first-order valence-electron chi connectivity index (χ1n) is 8.49. The van der Waals surface area contributed by atoms with Gasteiger partial charge in [-0.3, -0.25) is 4.79 Å². The molecule has 1 amide bonds. The van der Waals surface area contributed by atoms with E-state index in [1.165, 1.54) is 32.3 Å². The van der Waals surface area contributed by atoms with E-state index in [-0.39, 0.29) is 12.3 Å². The van der Waals surface area contributed by atoms with E-state index < -0.39 is 11.6 Å². The molecule has 0 bridgehead atoms. The molecule has 0 aliphatic rings. The number of hydrogen-bond donors (Lipinski definition) is 0. The van der Waals surface area contributed by atoms with Gasteiger partial charge in [-0.25, -0.2) is 8.78 Å². The molecule has 0 atom stereocenters. The number of benzene rings is 2. The largest absolute Gasteiger partial charge is 0.493 e. The van der Waals surface area contributed by atoms with Crippen molar-refractivity contribution in [3.63, 3.8) is 0 Å². The zero-order chi connectivity index (χ0) is 20.0. The number of aryl methyl sites for hydroxylation is 1. The fourth-order valence-electron chi connectivity index (χ4n) is 2.82. The Labute approximate surface area is 157 Å². The number of ether oxygens (including phenoxy) is 3. The van der Waals surface area contributed by atoms with Crippen LogP contribution in [0, 0.1) is 11.6 Å². The second-order valence-corrected chi connectivity index (χ2v) is 5.77. The van der Waals surface area contributed by atoms with Crippen molar-refractivity contribution in [2.45, 2.75) is 19.8 Å². The molecule has 0 saturated heterocycles. The topological polar surface area (TPSA) is 48.0 Å². The molecule has 0 fully saturated rings. The molecule has 2 aromatic carbocycles. The Hall–Kier alpha value is -2.83. The third kappa shape index (κ3) is 4.67. The summed E-state index contributed by atoms with van der Waals surface area (Å²) < 4.78 is 42.5. The van der Waals surface area contributed by atoms with Gasteiger partial charge in [-0.1, -0.05) is 0 Å². The fraction of sp³-hybridized carbons (Fsp3) is 0.350. The molecule has 146 valence electrons. The molecular weight excluding hydrogens is 356 g/mol. The van der Waals surface area contributed by atoms with E-state index in [0.29, 0.717) is 35.9 Å². The molecule has 0 spiro atoms. The highest BCUT2D eigenvalue weighted by atomic mass is 19.2. The van der Waals surface area contributed by atoms with Crippen LogP contribution in [0.2, 0.25) is 0 Å². The van der Waals surface area contributed by atoms with Gasteiger partial charge in [0.1, 0.15) is 0 Å². The summed E-state index contributed by atoms with van der Waals surface area (Å²) in [4.78, 5) is 14.0. The van der Waals surface area contributed by atoms with E-state index in [2.05, 4.69) is 0 Å². The van der Waals surface area contributed by atoms with E-state index >= 15 is 0 Å². The van der Waals surface area contributed by atoms with E-state index in [4.69, 9.17) is 14.2 Å². The number of carbonyl (C=O) groups is 1. The Bertz CT molecular complexity index is 786. The predicted octanol–water partition coefficient (Wildman–Crippen LogP) is 3.98. The summed E-state index contributed by atoms with van der Waals surface area (Å²) in [5.41, 5.74) is 1.16. The summed E-state index contributed by atoms with van der Waals surface area (Å²) >= 11 is 0. The molecule has 0 aliphatic heterocycles. The van der Waals surface area contributed by atoms with Crippen LogP contribution in [-0.2, 0) is 11.2 Å². The fourth-order valence-corrected chi connectivity index (χ4v) is 2.82. The van der Waals surface area contributed by atoms with E-state index in [1.54, 1.807) is 19.1 Å². The predicted molar refractivity (Wildman–Crippen MR) is 98.8 cm³/mol. The Balaban J connectivity index is 2.17. The molecule has 0 heterocycles. The van der Waals surface area contributed by atoms with Crippen LogP contribution in [0.3, 0.4) is 0 Å². The number of halogens is 2. The Morgan fingerprint density at radius 2 is 1.59 bits per heavy atom. The van der Waals surface area contributed by atoms with Crippen LogP contribution in [0.25, 0.3) is 0 Å². The monoisotopic (exact) mass is 379 g/mol. The second kappa shape index (κ2) is 9.21. The van der Waals surface area contributed by atoms with Gasteiger partial charge in [-0.05, 0) is 43.2 Å². The summed E-state index contributed by atoms with van der Waals surface area (Å²) in [5, 5.41) is 0. The van der Waals surface area contributed by atoms with Gasteiger partial charge in [0, 0.05) is 24.7 Å². The lowest BCUT2D eigenvalue weighted by Gasteiger charge is -2.21. The quantitative estimate of drug-likeness (QED) is 0.696. The van der Waals surface area contributed by atoms with Gasteiger partial charge in [-0.15, -0.1) is 0 Å². The van der Waals surface area contributed by atoms with Crippen molar-refractivity contribution >= 4 is 11.6 Å². The van der Waals surface area contributed by atoms with Gasteiger partial charge in [0.2, 0.25) is 11.7 Å². The van der Waals surface area contributed by atoms with Crippen LogP contribution in [0.5, 0.6) is 17.2 Å². The van der Waals surface area contributed by atoms with Gasteiger partial charge in [0.05, 0.1) is 21.3 Å². The van der Waals surface area contributed by atoms with Gasteiger partial charge in [0.15, 0.2) is 23.1 Å². The minimum absolute atomic E-state index is 0.186. The first kappa shape index (κ1) is 20.5. The van der Waals surface area contributed by atoms with Crippen molar-refractivity contribution in [2.24, 2.45) is 0 Å². The van der Waals surface area contributed by atoms with Crippen molar-refractivity contribution in [2.75, 3.05) is 32.8 Å². The number of methoxy groups -OCH3 is 3. The van der Waals surface area contributed by atoms with Crippen LogP contribution in [0.15, 0.2) is 30.3 Å². The van der Waals surface area contributed by atoms with Crippen molar-refractivity contribution in [3.05, 3.63) is 47.5 Å². The van der Waals surface area contributed by atoms with Gasteiger partial charge in [0.25, 0.3) is 0 Å². The summed E-state index contributed by atoms with van der Waals surface area (Å²) in [6.07, 6.45) is 0.612. The highest BCUT2D eigenvalue weighted by molar-refractivity contribution is 5.93. The van der Waals surface area contributed by atoms with Crippen LogP contribution in [0.1, 0.15) is 18.9 Å². The summed E-state index contributed by atoms with van der Waals surface area (Å²) in [6, 6.07) is 6.99. The van der Waals surface area contributed by atoms with Gasteiger partial charge in [-0.2, -0.15) is 0 Å². The normalized spacial score (nSPS) is 10.4. The maximum Gasteiger partial charge on any atom is 0.227 e. The molecule has 2 rings (SSSR count). The van der Waals surface area contributed by atoms with Crippen molar-refractivity contribution in [1.29, 1.82) is 0 Å². The third-order valence-corrected chi connectivity index (χ3v) is 4.18. The van der Waals surface area contributed by atoms with Crippen LogP contribution in [-0.4, -0.2) is 33.8 Å². The maximum absolute atomic E-state index is 13.5. The number of carbonyl (C=O) groups excluding carboxylic acids is 1. The number of nitrogens with zero attached hydrogens (tertiary/aromatic N) is 1. The van der Waals surface area contributed by atoms with E-state index in [1.807, 2.05) is 0 Å². The SMILES string of the molecule is CCN(C(=O)CCc1cc(OC)c(OC)c(OC)c1)c1ccc(F)c(F)c1. The Morgan fingerprint density at radius 3 is 2.07 bits per heavy atom. The smallest absolute Gasteiger partial charge is 0.227 e. The molecule has 0 N–H and O–H groups in total. The molecule has 0 radical (unpaired) electrons. The van der Waals surface area contributed by atoms with Crippen LogP contribution in [0.4, 0.5) is 14.5 Å². The van der Waals surface area contributed by atoms with Crippen LogP contribution < -0.4 is 19.1 Å². The zero-order valence-electron chi connectivity index (χ0n) is 15.8. The average molecular weight is 379 g/mol. The lowest BCUT2D eigenvalue weighted by Crippen LogP contribution is -2.30. The van der Waals surface area contributed by atoms with Gasteiger partial charge >= 0.3 is 0 Å². The standard InChI is InChI=1S/C20H23F2NO4/c1-5-23(14-7-8-15(21)16(22)12-14)19(24)9-6-13-10-17(25-2)20(27-4)18(11-13)26-3/h7-8,10-12H,5-6,9H2,1-4H3. The van der Waals surface area contributed by atoms with E-state index in [9.17, 15) is 13.6 Å². The van der Waals surface area contributed by atoms with Crippen molar-refractivity contribution in [1.82, 2.24) is 0 Å². The Morgan fingerprint density at radius 1 is 0.963 bits per heavy atom. The highest BCUT2D eigenvalue weighted by Gasteiger charge is 2.18. The first-order valence-corrected chi connectivity index (χ1v) is 8.49. The number of hydrogen-bond acceptors (Lipinski definition) is 4. The molecule has 7 heteroatoms. The first-order chi connectivity index (χ1) is 12.9. The van der Waals surface area contributed by atoms with Gasteiger partial charge < -0.3 is 19.1 Å². The summed E-state index contributed by atoms with van der Waals surface area (Å²) in [7, 11) is 4.56. The minimum Gasteiger partial charge on any atom is -0.493 e. The van der Waals surface area contributed by atoms with Crippen molar-refractivity contribution < 1.29 is 27.8 Å². The number of anilines is 1. The third-order valence-electron chi connectivity index (χ3n) is 4.18. The highest BCUT2D eigenvalue weighted by Crippen LogP contribution is 2.38. The molecular formula is C20H23F2NO4. The molecule has 5 nitrogen and oxygen atoms in total. The summed E-state index contributed by atoms with van der Waals surface area (Å²) in [6.45, 7) is 2.12. The average Bonchev–Trinajstić information content (AvgIpc) is 2.68. The summed E-state index contributed by atoms with van der Waals surface area (Å²) in [5.74, 6) is -0.633. The lowest BCUT2D eigenvalue weighted by molar-refractivity contribution is -0.118. The maximum atomic E-state index is 13.5. The minimum atomic E-state index is -0.983. The molecule has 0 aromatic heterocycles. The zero-order valence-corrected chi connectivity index (χ0v) is 15.8. The lowest BCUT2D eigenvalue weighted by atomic mass is 10.1. The molecule has 2 aromatic rings. The molecule has 0 saturated carbocycles. The van der Waals surface area contributed by atoms with Crippen LogP contribution >= 0.6 is 0 Å². The van der Waals surface area contributed by atoms with E-state index in [0.717, 1.165) is 17.7 Å². The molecule has 27 heavy (non-hydrogen) atoms. The number of amides is 1. The Kier molecular flexibility index (Phi) is 6.98. The second-order valence-electron chi connectivity index (χ2n) is 5.77. The number of rotatable bonds is 8. The van der Waals surface area contributed by atoms with Crippen molar-refractivity contribution in [3.8, 4) is 17.2 Å².